The average molecular weight is 301 g/mol. The van der Waals surface area contributed by atoms with Crippen molar-refractivity contribution in [1.82, 2.24) is 15.8 Å². The smallest absolute Gasteiger partial charge is 0.315 e. The van der Waals surface area contributed by atoms with Crippen molar-refractivity contribution in [2.45, 2.75) is 31.8 Å². The van der Waals surface area contributed by atoms with Crippen molar-refractivity contribution in [1.29, 1.82) is 0 Å². The van der Waals surface area contributed by atoms with Crippen molar-refractivity contribution >= 4 is 6.03 Å². The van der Waals surface area contributed by atoms with Gasteiger partial charge in [-0.25, -0.2) is 4.79 Å². The van der Waals surface area contributed by atoms with E-state index in [1.54, 1.807) is 13.2 Å². The van der Waals surface area contributed by atoms with Crippen LogP contribution in [-0.4, -0.2) is 24.3 Å². The summed E-state index contributed by atoms with van der Waals surface area (Å²) in [6.07, 6.45) is 0.927. The quantitative estimate of drug-likeness (QED) is 0.888. The SMILES string of the molecule is COc1ccccc1[C@@H]1C[C@@H]1NC(=O)NCc1cc(C)on1. The van der Waals surface area contributed by atoms with E-state index in [0.717, 1.165) is 23.5 Å². The van der Waals surface area contributed by atoms with Crippen LogP contribution in [0.4, 0.5) is 4.79 Å². The third kappa shape index (κ3) is 3.21. The summed E-state index contributed by atoms with van der Waals surface area (Å²) in [4.78, 5) is 11.9. The van der Waals surface area contributed by atoms with Crippen LogP contribution in [0.3, 0.4) is 0 Å². The number of methoxy groups -OCH3 is 1. The Labute approximate surface area is 128 Å². The van der Waals surface area contributed by atoms with Gasteiger partial charge in [0.05, 0.1) is 13.7 Å². The van der Waals surface area contributed by atoms with E-state index in [-0.39, 0.29) is 12.1 Å². The molecule has 1 aliphatic rings. The molecular formula is C16H19N3O3. The number of hydrogen-bond acceptors (Lipinski definition) is 4. The van der Waals surface area contributed by atoms with E-state index in [2.05, 4.69) is 15.8 Å². The number of nitrogens with one attached hydrogen (secondary N) is 2. The van der Waals surface area contributed by atoms with E-state index in [9.17, 15) is 4.79 Å². The van der Waals surface area contributed by atoms with E-state index < -0.39 is 0 Å². The standard InChI is InChI=1S/C16H19N3O3/c1-10-7-11(19-22-10)9-17-16(20)18-14-8-13(14)12-5-3-4-6-15(12)21-2/h3-7,13-14H,8-9H2,1-2H3,(H2,17,18,20)/t13-,14-/m0/s1. The van der Waals surface area contributed by atoms with Crippen molar-refractivity contribution in [2.24, 2.45) is 0 Å². The van der Waals surface area contributed by atoms with Gasteiger partial charge in [0.15, 0.2) is 0 Å². The number of carbonyl (C=O) groups is 1. The lowest BCUT2D eigenvalue weighted by molar-refractivity contribution is 0.239. The van der Waals surface area contributed by atoms with E-state index in [4.69, 9.17) is 9.26 Å². The lowest BCUT2D eigenvalue weighted by Crippen LogP contribution is -2.37. The van der Waals surface area contributed by atoms with Crippen LogP contribution in [0.15, 0.2) is 34.9 Å². The highest BCUT2D eigenvalue weighted by Crippen LogP contribution is 2.44. The predicted molar refractivity (Wildman–Crippen MR) is 80.8 cm³/mol. The average Bonchev–Trinajstić information content (AvgIpc) is 3.16. The van der Waals surface area contributed by atoms with Gasteiger partial charge in [-0.05, 0) is 25.0 Å². The van der Waals surface area contributed by atoms with Crippen LogP contribution in [-0.2, 0) is 6.54 Å². The van der Waals surface area contributed by atoms with Crippen LogP contribution in [0.2, 0.25) is 0 Å². The van der Waals surface area contributed by atoms with E-state index >= 15 is 0 Å². The lowest BCUT2D eigenvalue weighted by atomic mass is 10.1. The molecule has 0 bridgehead atoms. The van der Waals surface area contributed by atoms with Crippen LogP contribution in [0.5, 0.6) is 5.75 Å². The highest BCUT2D eigenvalue weighted by Gasteiger charge is 2.41. The summed E-state index contributed by atoms with van der Waals surface area (Å²) in [5, 5.41) is 9.58. The van der Waals surface area contributed by atoms with Crippen LogP contribution in [0, 0.1) is 6.92 Å². The Hall–Kier alpha value is -2.50. The van der Waals surface area contributed by atoms with Gasteiger partial charge in [0, 0.05) is 18.0 Å². The molecule has 2 amide bonds. The fourth-order valence-electron chi connectivity index (χ4n) is 2.56. The topological polar surface area (TPSA) is 76.4 Å². The summed E-state index contributed by atoms with van der Waals surface area (Å²) in [6.45, 7) is 2.17. The second-order valence-electron chi connectivity index (χ2n) is 5.45. The number of amides is 2. The molecule has 2 aromatic rings. The number of aryl methyl sites for hydroxylation is 1. The normalized spacial score (nSPS) is 19.5. The molecule has 0 saturated heterocycles. The Morgan fingerprint density at radius 2 is 2.27 bits per heavy atom. The number of nitrogens with zero attached hydrogens (tertiary/aromatic N) is 1. The molecule has 3 rings (SSSR count). The molecule has 0 unspecified atom stereocenters. The maximum Gasteiger partial charge on any atom is 0.315 e. The molecule has 6 heteroatoms. The van der Waals surface area contributed by atoms with E-state index in [0.29, 0.717) is 18.2 Å². The first-order valence-electron chi connectivity index (χ1n) is 7.27. The molecule has 1 aliphatic carbocycles. The third-order valence-electron chi connectivity index (χ3n) is 3.75. The second-order valence-corrected chi connectivity index (χ2v) is 5.45. The first-order valence-corrected chi connectivity index (χ1v) is 7.27. The molecule has 6 nitrogen and oxygen atoms in total. The van der Waals surface area contributed by atoms with E-state index in [1.165, 1.54) is 0 Å². The van der Waals surface area contributed by atoms with Crippen molar-refractivity contribution in [3.05, 3.63) is 47.3 Å². The predicted octanol–water partition coefficient (Wildman–Crippen LogP) is 2.35. The number of hydrogen-bond donors (Lipinski definition) is 2. The van der Waals surface area contributed by atoms with Crippen molar-refractivity contribution in [3.8, 4) is 5.75 Å². The molecule has 1 aromatic carbocycles. The Kier molecular flexibility index (Phi) is 4.00. The van der Waals surface area contributed by atoms with Gasteiger partial charge in [-0.1, -0.05) is 23.4 Å². The summed E-state index contributed by atoms with van der Waals surface area (Å²) in [7, 11) is 1.66. The van der Waals surface area contributed by atoms with Crippen molar-refractivity contribution < 1.29 is 14.1 Å². The summed E-state index contributed by atoms with van der Waals surface area (Å²) in [5.74, 6) is 1.92. The molecule has 2 atom stereocenters. The molecule has 1 heterocycles. The van der Waals surface area contributed by atoms with Gasteiger partial charge in [-0.3, -0.25) is 0 Å². The fraction of sp³-hybridized carbons (Fsp3) is 0.375. The van der Waals surface area contributed by atoms with Gasteiger partial charge in [0.25, 0.3) is 0 Å². The lowest BCUT2D eigenvalue weighted by Gasteiger charge is -2.09. The molecule has 1 aromatic heterocycles. The Morgan fingerprint density at radius 3 is 3.00 bits per heavy atom. The Bertz CT molecular complexity index is 668. The molecule has 22 heavy (non-hydrogen) atoms. The highest BCUT2D eigenvalue weighted by atomic mass is 16.5. The molecule has 1 fully saturated rings. The van der Waals surface area contributed by atoms with Crippen LogP contribution in [0.1, 0.15) is 29.4 Å². The third-order valence-corrected chi connectivity index (χ3v) is 3.75. The van der Waals surface area contributed by atoms with Crippen molar-refractivity contribution in [2.75, 3.05) is 7.11 Å². The second kappa shape index (κ2) is 6.09. The van der Waals surface area contributed by atoms with Crippen LogP contribution < -0.4 is 15.4 Å². The zero-order chi connectivity index (χ0) is 15.5. The van der Waals surface area contributed by atoms with Gasteiger partial charge < -0.3 is 19.9 Å². The molecule has 2 N–H and O–H groups in total. The minimum Gasteiger partial charge on any atom is -0.496 e. The number of urea groups is 1. The molecule has 0 aliphatic heterocycles. The maximum absolute atomic E-state index is 11.9. The molecule has 0 spiro atoms. The number of aromatic nitrogens is 1. The molecule has 1 saturated carbocycles. The van der Waals surface area contributed by atoms with Gasteiger partial charge in [-0.15, -0.1) is 0 Å². The number of para-hydroxylation sites is 1. The number of carbonyl (C=O) groups excluding carboxylic acids is 1. The zero-order valence-corrected chi connectivity index (χ0v) is 12.6. The highest BCUT2D eigenvalue weighted by molar-refractivity contribution is 5.75. The van der Waals surface area contributed by atoms with Crippen LogP contribution >= 0.6 is 0 Å². The monoisotopic (exact) mass is 301 g/mol. The summed E-state index contributed by atoms with van der Waals surface area (Å²) < 4.78 is 10.3. The first-order chi connectivity index (χ1) is 10.7. The van der Waals surface area contributed by atoms with Crippen LogP contribution in [0.25, 0.3) is 0 Å². The van der Waals surface area contributed by atoms with Gasteiger partial charge in [0.1, 0.15) is 17.2 Å². The molecule has 116 valence electrons. The number of benzene rings is 1. The molecular weight excluding hydrogens is 282 g/mol. The van der Waals surface area contributed by atoms with Gasteiger partial charge in [0.2, 0.25) is 0 Å². The van der Waals surface area contributed by atoms with Gasteiger partial charge in [-0.2, -0.15) is 0 Å². The van der Waals surface area contributed by atoms with E-state index in [1.807, 2.05) is 31.2 Å². The Balaban J connectivity index is 1.49. The molecule has 0 radical (unpaired) electrons. The Morgan fingerprint density at radius 1 is 1.45 bits per heavy atom. The minimum atomic E-state index is -0.192. The minimum absolute atomic E-state index is 0.148. The number of ether oxygens (including phenoxy) is 1. The summed E-state index contributed by atoms with van der Waals surface area (Å²) >= 11 is 0. The largest absolute Gasteiger partial charge is 0.496 e. The summed E-state index contributed by atoms with van der Waals surface area (Å²) in [5.41, 5.74) is 1.85. The fourth-order valence-corrected chi connectivity index (χ4v) is 2.56. The first kappa shape index (κ1) is 14.4. The summed E-state index contributed by atoms with van der Waals surface area (Å²) in [6, 6.07) is 9.67. The van der Waals surface area contributed by atoms with Gasteiger partial charge >= 0.3 is 6.03 Å². The van der Waals surface area contributed by atoms with Crippen molar-refractivity contribution in [3.63, 3.8) is 0 Å². The number of rotatable bonds is 5. The maximum atomic E-state index is 11.9. The zero-order valence-electron chi connectivity index (χ0n) is 12.6.